The second-order valence-corrected chi connectivity index (χ2v) is 4.70. The van der Waals surface area contributed by atoms with E-state index in [1.54, 1.807) is 29.3 Å². The van der Waals surface area contributed by atoms with E-state index in [1.165, 1.54) is 0 Å². The lowest BCUT2D eigenvalue weighted by Crippen LogP contribution is -1.94. The van der Waals surface area contributed by atoms with Crippen molar-refractivity contribution < 1.29 is 4.74 Å². The third-order valence-corrected chi connectivity index (χ3v) is 2.80. The van der Waals surface area contributed by atoms with Crippen molar-refractivity contribution in [2.24, 2.45) is 0 Å². The molecule has 0 aliphatic carbocycles. The highest BCUT2D eigenvalue weighted by molar-refractivity contribution is 9.10. The molecule has 3 rings (SSSR count). The largest absolute Gasteiger partial charge is 0.435 e. The van der Waals surface area contributed by atoms with E-state index in [2.05, 4.69) is 31.0 Å². The zero-order valence-electron chi connectivity index (χ0n) is 9.54. The Hall–Kier alpha value is -1.95. The van der Waals surface area contributed by atoms with Crippen molar-refractivity contribution in [2.75, 3.05) is 0 Å². The molecule has 0 aliphatic rings. The van der Waals surface area contributed by atoms with E-state index in [0.717, 1.165) is 15.7 Å². The van der Waals surface area contributed by atoms with E-state index in [4.69, 9.17) is 4.74 Å². The van der Waals surface area contributed by atoms with E-state index in [1.807, 2.05) is 19.1 Å². The van der Waals surface area contributed by atoms with Gasteiger partial charge in [-0.1, -0.05) is 0 Å². The highest BCUT2D eigenvalue weighted by atomic mass is 79.9. The summed E-state index contributed by atoms with van der Waals surface area (Å²) in [5.74, 6) is 1.14. The number of aromatic nitrogens is 4. The molecule has 0 N–H and O–H groups in total. The molecular formula is C12H9BrN4O. The molecule has 0 fully saturated rings. The van der Waals surface area contributed by atoms with E-state index < -0.39 is 0 Å². The molecule has 3 heterocycles. The molecule has 0 unspecified atom stereocenters. The fourth-order valence-corrected chi connectivity index (χ4v) is 2.00. The highest BCUT2D eigenvalue weighted by Crippen LogP contribution is 2.25. The van der Waals surface area contributed by atoms with Crippen LogP contribution in [-0.4, -0.2) is 19.6 Å². The van der Waals surface area contributed by atoms with Gasteiger partial charge in [0.25, 0.3) is 0 Å². The Morgan fingerprint density at radius 1 is 1.28 bits per heavy atom. The van der Waals surface area contributed by atoms with Gasteiger partial charge in [0.2, 0.25) is 5.88 Å². The smallest absolute Gasteiger partial charge is 0.245 e. The second kappa shape index (κ2) is 4.38. The molecule has 0 saturated heterocycles. The number of hydrogen-bond acceptors (Lipinski definition) is 4. The number of nitrogens with zero attached hydrogens (tertiary/aromatic N) is 4. The average Bonchev–Trinajstić information content (AvgIpc) is 2.71. The van der Waals surface area contributed by atoms with Crippen LogP contribution in [0.5, 0.6) is 11.6 Å². The summed E-state index contributed by atoms with van der Waals surface area (Å²) >= 11 is 3.35. The monoisotopic (exact) mass is 304 g/mol. The zero-order chi connectivity index (χ0) is 12.5. The molecule has 0 amide bonds. The van der Waals surface area contributed by atoms with Crippen LogP contribution < -0.4 is 4.74 Å². The normalized spacial score (nSPS) is 10.8. The van der Waals surface area contributed by atoms with Gasteiger partial charge in [-0.2, -0.15) is 5.10 Å². The van der Waals surface area contributed by atoms with Crippen LogP contribution in [0.1, 0.15) is 5.69 Å². The van der Waals surface area contributed by atoms with Gasteiger partial charge in [0.1, 0.15) is 11.3 Å². The number of aryl methyl sites for hydroxylation is 1. The van der Waals surface area contributed by atoms with Gasteiger partial charge in [-0.15, -0.1) is 0 Å². The quantitative estimate of drug-likeness (QED) is 0.730. The summed E-state index contributed by atoms with van der Waals surface area (Å²) in [7, 11) is 0. The fraction of sp³-hybridized carbons (Fsp3) is 0.0833. The minimum atomic E-state index is 0.512. The van der Waals surface area contributed by atoms with Gasteiger partial charge in [-0.25, -0.2) is 9.50 Å². The van der Waals surface area contributed by atoms with Gasteiger partial charge < -0.3 is 4.74 Å². The van der Waals surface area contributed by atoms with Gasteiger partial charge in [0.15, 0.2) is 0 Å². The predicted octanol–water partition coefficient (Wildman–Crippen LogP) is 2.99. The van der Waals surface area contributed by atoms with Crippen LogP contribution in [0, 0.1) is 6.92 Å². The average molecular weight is 305 g/mol. The van der Waals surface area contributed by atoms with Crippen LogP contribution in [-0.2, 0) is 0 Å². The molecule has 5 nitrogen and oxygen atoms in total. The number of pyridine rings is 1. The molecule has 3 aromatic heterocycles. The highest BCUT2D eigenvalue weighted by Gasteiger charge is 2.07. The maximum Gasteiger partial charge on any atom is 0.245 e. The third kappa shape index (κ3) is 2.06. The van der Waals surface area contributed by atoms with Gasteiger partial charge in [-0.05, 0) is 35.0 Å². The van der Waals surface area contributed by atoms with Crippen LogP contribution in [0.4, 0.5) is 0 Å². The van der Waals surface area contributed by atoms with Crippen molar-refractivity contribution in [2.45, 2.75) is 6.92 Å². The lowest BCUT2D eigenvalue weighted by Gasteiger charge is -2.05. The lowest BCUT2D eigenvalue weighted by molar-refractivity contribution is 0.463. The van der Waals surface area contributed by atoms with Gasteiger partial charge in [0.05, 0.1) is 11.9 Å². The first kappa shape index (κ1) is 11.2. The molecule has 0 spiro atoms. The minimum Gasteiger partial charge on any atom is -0.435 e. The van der Waals surface area contributed by atoms with Crippen molar-refractivity contribution >= 4 is 21.4 Å². The minimum absolute atomic E-state index is 0.512. The summed E-state index contributed by atoms with van der Waals surface area (Å²) < 4.78 is 8.32. The molecule has 0 radical (unpaired) electrons. The Morgan fingerprint density at radius 3 is 3.00 bits per heavy atom. The first-order valence-electron chi connectivity index (χ1n) is 5.32. The maximum absolute atomic E-state index is 5.72. The summed E-state index contributed by atoms with van der Waals surface area (Å²) in [6, 6.07) is 3.76. The lowest BCUT2D eigenvalue weighted by atomic mass is 10.4. The van der Waals surface area contributed by atoms with Crippen LogP contribution in [0.3, 0.4) is 0 Å². The third-order valence-electron chi connectivity index (χ3n) is 2.37. The van der Waals surface area contributed by atoms with E-state index in [-0.39, 0.29) is 0 Å². The summed E-state index contributed by atoms with van der Waals surface area (Å²) in [5, 5.41) is 4.30. The molecule has 0 bridgehead atoms. The first-order valence-corrected chi connectivity index (χ1v) is 6.11. The number of fused-ring (bicyclic) bond motifs is 1. The summed E-state index contributed by atoms with van der Waals surface area (Å²) in [4.78, 5) is 8.26. The standard InChI is InChI=1S/C12H9BrN4O/c1-8-4-11-12(15-2-3-17(11)16-8)18-10-5-9(13)6-14-7-10/h2-7H,1H3. The van der Waals surface area contributed by atoms with Crippen molar-refractivity contribution in [1.82, 2.24) is 19.6 Å². The molecule has 0 atom stereocenters. The maximum atomic E-state index is 5.72. The Morgan fingerprint density at radius 2 is 2.17 bits per heavy atom. The number of rotatable bonds is 2. The zero-order valence-corrected chi connectivity index (χ0v) is 11.1. The van der Waals surface area contributed by atoms with E-state index in [0.29, 0.717) is 11.6 Å². The topological polar surface area (TPSA) is 52.3 Å². The van der Waals surface area contributed by atoms with Crippen molar-refractivity contribution in [1.29, 1.82) is 0 Å². The summed E-state index contributed by atoms with van der Waals surface area (Å²) in [6.07, 6.45) is 6.78. The SMILES string of the molecule is Cc1cc2c(Oc3cncc(Br)c3)nccn2n1. The summed E-state index contributed by atoms with van der Waals surface area (Å²) in [5.41, 5.74) is 1.75. The summed E-state index contributed by atoms with van der Waals surface area (Å²) in [6.45, 7) is 1.93. The van der Waals surface area contributed by atoms with Crippen molar-refractivity contribution in [3.63, 3.8) is 0 Å². The molecule has 6 heteroatoms. The Balaban J connectivity index is 2.04. The van der Waals surface area contributed by atoms with Crippen molar-refractivity contribution in [3.05, 3.63) is 47.1 Å². The molecule has 0 saturated carbocycles. The van der Waals surface area contributed by atoms with E-state index >= 15 is 0 Å². The first-order chi connectivity index (χ1) is 8.72. The fourth-order valence-electron chi connectivity index (χ4n) is 1.66. The van der Waals surface area contributed by atoms with Crippen LogP contribution in [0.2, 0.25) is 0 Å². The van der Waals surface area contributed by atoms with Crippen LogP contribution >= 0.6 is 15.9 Å². The molecule has 18 heavy (non-hydrogen) atoms. The molecular weight excluding hydrogens is 296 g/mol. The molecule has 90 valence electrons. The van der Waals surface area contributed by atoms with Gasteiger partial charge in [0, 0.05) is 23.1 Å². The van der Waals surface area contributed by atoms with Crippen LogP contribution in [0.15, 0.2) is 41.4 Å². The van der Waals surface area contributed by atoms with E-state index in [9.17, 15) is 0 Å². The second-order valence-electron chi connectivity index (χ2n) is 3.79. The molecule has 3 aromatic rings. The Kier molecular flexibility index (Phi) is 2.71. The molecule has 0 aromatic carbocycles. The number of halogens is 1. The van der Waals surface area contributed by atoms with Gasteiger partial charge in [-0.3, -0.25) is 4.98 Å². The predicted molar refractivity (Wildman–Crippen MR) is 69.7 cm³/mol. The Labute approximate surface area is 112 Å². The Bertz CT molecular complexity index is 710. The van der Waals surface area contributed by atoms with Crippen molar-refractivity contribution in [3.8, 4) is 11.6 Å². The molecule has 0 aliphatic heterocycles. The van der Waals surface area contributed by atoms with Crippen LogP contribution in [0.25, 0.3) is 5.52 Å². The number of hydrogen-bond donors (Lipinski definition) is 0. The number of ether oxygens (including phenoxy) is 1. The van der Waals surface area contributed by atoms with Gasteiger partial charge >= 0.3 is 0 Å².